The second-order valence-electron chi connectivity index (χ2n) is 16.4. The highest BCUT2D eigenvalue weighted by atomic mass is 16.7. The van der Waals surface area contributed by atoms with Crippen molar-refractivity contribution >= 4 is 12.6 Å². The Bertz CT molecular complexity index is 1960. The van der Waals surface area contributed by atoms with Gasteiger partial charge in [-0.05, 0) is 73.5 Å². The molecule has 5 aromatic rings. The summed E-state index contributed by atoms with van der Waals surface area (Å²) >= 11 is 0. The molecule has 0 bridgehead atoms. The van der Waals surface area contributed by atoms with Crippen molar-refractivity contribution in [2.24, 2.45) is 0 Å². The maximum Gasteiger partial charge on any atom is 0.494 e. The molecule has 2 fully saturated rings. The molecular formula is C49H57BO7. The van der Waals surface area contributed by atoms with Gasteiger partial charge < -0.3 is 33.0 Å². The van der Waals surface area contributed by atoms with Crippen LogP contribution in [0.15, 0.2) is 140 Å². The van der Waals surface area contributed by atoms with Gasteiger partial charge in [0.15, 0.2) is 0 Å². The van der Waals surface area contributed by atoms with Gasteiger partial charge in [0.1, 0.15) is 24.4 Å². The molecule has 0 radical (unpaired) electrons. The third-order valence-electron chi connectivity index (χ3n) is 11.7. The fourth-order valence-electron chi connectivity index (χ4n) is 7.74. The molecule has 298 valence electrons. The third kappa shape index (κ3) is 10.1. The minimum atomic E-state index is -0.499. The lowest BCUT2D eigenvalue weighted by Gasteiger charge is -2.48. The normalized spacial score (nSPS) is 23.3. The van der Waals surface area contributed by atoms with Crippen LogP contribution in [0.1, 0.15) is 73.9 Å². The van der Waals surface area contributed by atoms with E-state index in [0.717, 1.165) is 38.8 Å². The number of rotatable bonds is 16. The highest BCUT2D eigenvalue weighted by Gasteiger charge is 2.53. The van der Waals surface area contributed by atoms with E-state index in [9.17, 15) is 0 Å². The average Bonchev–Trinajstić information content (AvgIpc) is 3.45. The van der Waals surface area contributed by atoms with Crippen LogP contribution >= 0.6 is 0 Å². The number of ether oxygens (including phenoxy) is 5. The molecule has 0 spiro atoms. The van der Waals surface area contributed by atoms with E-state index in [1.54, 1.807) is 0 Å². The van der Waals surface area contributed by atoms with E-state index in [4.69, 9.17) is 33.0 Å². The summed E-state index contributed by atoms with van der Waals surface area (Å²) in [6, 6.07) is 47.5. The molecule has 0 aliphatic carbocycles. The Morgan fingerprint density at radius 1 is 0.561 bits per heavy atom. The number of hydrogen-bond donors (Lipinski definition) is 0. The van der Waals surface area contributed by atoms with Crippen molar-refractivity contribution in [3.63, 3.8) is 0 Å². The van der Waals surface area contributed by atoms with E-state index in [0.29, 0.717) is 33.0 Å². The lowest BCUT2D eigenvalue weighted by Crippen LogP contribution is -2.62. The SMILES string of the molecule is Cc1cc(B2OC(C)(C)C(C)(C)O2)ccc1[C@@H](C)[C@H]1O[C@H](COCc2ccccc2)[C@@H](OCc2ccccc2)[C@H](OCc2ccccc2)[C@@H]1OCc1ccccc1. The van der Waals surface area contributed by atoms with Gasteiger partial charge in [-0.2, -0.15) is 0 Å². The van der Waals surface area contributed by atoms with Crippen molar-refractivity contribution in [3.05, 3.63) is 173 Å². The number of aryl methyl sites for hydroxylation is 1. The molecule has 7 nitrogen and oxygen atoms in total. The Morgan fingerprint density at radius 2 is 1.00 bits per heavy atom. The van der Waals surface area contributed by atoms with Gasteiger partial charge in [-0.25, -0.2) is 0 Å². The summed E-state index contributed by atoms with van der Waals surface area (Å²) in [5.74, 6) is -0.0901. The number of hydrogen-bond acceptors (Lipinski definition) is 7. The molecule has 57 heavy (non-hydrogen) atoms. The summed E-state index contributed by atoms with van der Waals surface area (Å²) < 4.78 is 47.5. The minimum Gasteiger partial charge on any atom is -0.399 e. The van der Waals surface area contributed by atoms with Gasteiger partial charge in [0, 0.05) is 5.92 Å². The predicted molar refractivity (Wildman–Crippen MR) is 225 cm³/mol. The van der Waals surface area contributed by atoms with Crippen LogP contribution in [-0.2, 0) is 59.4 Å². The molecule has 0 aromatic heterocycles. The zero-order valence-corrected chi connectivity index (χ0v) is 34.2. The first kappa shape index (κ1) is 41.1. The molecule has 6 atom stereocenters. The van der Waals surface area contributed by atoms with Crippen molar-refractivity contribution in [1.82, 2.24) is 0 Å². The molecular weight excluding hydrogens is 711 g/mol. The molecule has 0 saturated carbocycles. The van der Waals surface area contributed by atoms with E-state index in [2.05, 4.69) is 108 Å². The molecule has 2 saturated heterocycles. The summed E-state index contributed by atoms with van der Waals surface area (Å²) in [5, 5.41) is 0. The first-order valence-electron chi connectivity index (χ1n) is 20.3. The highest BCUT2D eigenvalue weighted by molar-refractivity contribution is 6.62. The van der Waals surface area contributed by atoms with Gasteiger partial charge in [0.25, 0.3) is 0 Å². The molecule has 2 aliphatic heterocycles. The van der Waals surface area contributed by atoms with Gasteiger partial charge in [-0.3, -0.25) is 0 Å². The third-order valence-corrected chi connectivity index (χ3v) is 11.7. The van der Waals surface area contributed by atoms with Gasteiger partial charge in [0.2, 0.25) is 0 Å². The van der Waals surface area contributed by atoms with E-state index < -0.39 is 48.8 Å². The van der Waals surface area contributed by atoms with Crippen LogP contribution in [0.25, 0.3) is 0 Å². The van der Waals surface area contributed by atoms with Crippen molar-refractivity contribution in [2.45, 2.75) is 116 Å². The van der Waals surface area contributed by atoms with E-state index in [-0.39, 0.29) is 5.92 Å². The van der Waals surface area contributed by atoms with Crippen LogP contribution in [0.3, 0.4) is 0 Å². The van der Waals surface area contributed by atoms with Gasteiger partial charge in [0.05, 0.1) is 50.3 Å². The molecule has 5 aromatic carbocycles. The molecule has 0 amide bonds. The Labute approximate surface area is 339 Å². The monoisotopic (exact) mass is 768 g/mol. The van der Waals surface area contributed by atoms with Crippen LogP contribution in [0.4, 0.5) is 0 Å². The van der Waals surface area contributed by atoms with Crippen LogP contribution < -0.4 is 5.46 Å². The fourth-order valence-corrected chi connectivity index (χ4v) is 7.74. The van der Waals surface area contributed by atoms with E-state index >= 15 is 0 Å². The maximum atomic E-state index is 7.26. The van der Waals surface area contributed by atoms with Crippen molar-refractivity contribution < 1.29 is 33.0 Å². The van der Waals surface area contributed by atoms with Gasteiger partial charge >= 0.3 is 7.12 Å². The Morgan fingerprint density at radius 3 is 1.47 bits per heavy atom. The molecule has 2 heterocycles. The zero-order chi connectivity index (χ0) is 39.8. The summed E-state index contributed by atoms with van der Waals surface area (Å²) in [4.78, 5) is 0. The molecule has 0 unspecified atom stereocenters. The van der Waals surface area contributed by atoms with Gasteiger partial charge in [-0.15, -0.1) is 0 Å². The second-order valence-corrected chi connectivity index (χ2v) is 16.4. The quantitative estimate of drug-likeness (QED) is 0.0929. The van der Waals surface area contributed by atoms with Crippen LogP contribution in [0.2, 0.25) is 0 Å². The highest BCUT2D eigenvalue weighted by Crippen LogP contribution is 2.39. The van der Waals surface area contributed by atoms with Crippen molar-refractivity contribution in [3.8, 4) is 0 Å². The van der Waals surface area contributed by atoms with Crippen molar-refractivity contribution in [1.29, 1.82) is 0 Å². The second kappa shape index (κ2) is 18.6. The van der Waals surface area contributed by atoms with Gasteiger partial charge in [-0.1, -0.05) is 146 Å². The first-order chi connectivity index (χ1) is 27.6. The summed E-state index contributed by atoms with van der Waals surface area (Å²) in [5.41, 5.74) is 6.73. The molecule has 0 N–H and O–H groups in total. The van der Waals surface area contributed by atoms with E-state index in [1.165, 1.54) is 0 Å². The van der Waals surface area contributed by atoms with Crippen LogP contribution in [-0.4, -0.2) is 55.4 Å². The Balaban J connectivity index is 1.24. The fraction of sp³-hybridized carbons (Fsp3) is 0.388. The lowest BCUT2D eigenvalue weighted by atomic mass is 9.76. The average molecular weight is 769 g/mol. The zero-order valence-electron chi connectivity index (χ0n) is 34.2. The topological polar surface area (TPSA) is 64.6 Å². The van der Waals surface area contributed by atoms with Crippen molar-refractivity contribution in [2.75, 3.05) is 6.61 Å². The molecule has 8 heteroatoms. The summed E-state index contributed by atoms with van der Waals surface area (Å²) in [7, 11) is -0.449. The largest absolute Gasteiger partial charge is 0.494 e. The predicted octanol–water partition coefficient (Wildman–Crippen LogP) is 9.14. The summed E-state index contributed by atoms with van der Waals surface area (Å²) in [6.07, 6.45) is -2.34. The standard InChI is InChI=1S/C49H57BO7/c1-35-29-41(50-56-48(3,4)49(5,6)57-50)27-28-42(35)36(2)44-46(53-32-39-23-15-9-16-24-39)47(54-33-40-25-17-10-18-26-40)45(52-31-38-21-13-8-14-22-38)43(55-44)34-51-30-37-19-11-7-12-20-37/h7-29,36,43-47H,30-34H2,1-6H3/t36-,43-,44-,45-,46-,47+/m1/s1. The molecule has 7 rings (SSSR count). The Hall–Kier alpha value is -4.12. The first-order valence-corrected chi connectivity index (χ1v) is 20.3. The van der Waals surface area contributed by atoms with Crippen LogP contribution in [0, 0.1) is 6.92 Å². The molecule has 2 aliphatic rings. The van der Waals surface area contributed by atoms with E-state index in [1.807, 2.05) is 72.8 Å². The van der Waals surface area contributed by atoms with Crippen LogP contribution in [0.5, 0.6) is 0 Å². The Kier molecular flexibility index (Phi) is 13.4. The minimum absolute atomic E-state index is 0.0901. The maximum absolute atomic E-state index is 7.26. The smallest absolute Gasteiger partial charge is 0.399 e. The summed E-state index contributed by atoms with van der Waals surface area (Å²) in [6.45, 7) is 14.6. The lowest BCUT2D eigenvalue weighted by molar-refractivity contribution is -0.275. The number of benzene rings is 5.